The molecule has 2 N–H and O–H groups in total. The first kappa shape index (κ1) is 13.1. The summed E-state index contributed by atoms with van der Waals surface area (Å²) in [6.07, 6.45) is 0. The number of halogens is 1. The fourth-order valence-electron chi connectivity index (χ4n) is 1.71. The Bertz CT molecular complexity index is 611. The Morgan fingerprint density at radius 1 is 1.26 bits per heavy atom. The van der Waals surface area contributed by atoms with E-state index in [2.05, 4.69) is 0 Å². The van der Waals surface area contributed by atoms with Gasteiger partial charge in [0.1, 0.15) is 18.2 Å². The average Bonchev–Trinajstić information content (AvgIpc) is 2.39. The van der Waals surface area contributed by atoms with Crippen LogP contribution in [0.15, 0.2) is 42.5 Å². The molecule has 0 aliphatic rings. The van der Waals surface area contributed by atoms with Gasteiger partial charge in [-0.1, -0.05) is 18.2 Å². The van der Waals surface area contributed by atoms with Gasteiger partial charge in [-0.05, 0) is 31.2 Å². The van der Waals surface area contributed by atoms with Crippen molar-refractivity contribution in [1.29, 1.82) is 0 Å². The maximum atomic E-state index is 13.4. The van der Waals surface area contributed by atoms with Crippen LogP contribution < -0.4 is 10.5 Å². The van der Waals surface area contributed by atoms with Gasteiger partial charge < -0.3 is 10.5 Å². The van der Waals surface area contributed by atoms with E-state index >= 15 is 0 Å². The maximum Gasteiger partial charge on any atom is 0.162 e. The zero-order valence-corrected chi connectivity index (χ0v) is 10.5. The fraction of sp³-hybridized carbons (Fsp3) is 0.133. The van der Waals surface area contributed by atoms with Gasteiger partial charge in [0.05, 0.1) is 0 Å². The van der Waals surface area contributed by atoms with E-state index in [9.17, 15) is 9.18 Å². The molecule has 0 aromatic heterocycles. The lowest BCUT2D eigenvalue weighted by Gasteiger charge is -2.09. The molecule has 0 unspecified atom stereocenters. The Morgan fingerprint density at radius 2 is 2.00 bits per heavy atom. The van der Waals surface area contributed by atoms with E-state index in [1.165, 1.54) is 13.0 Å². The molecular weight excluding hydrogens is 245 g/mol. The van der Waals surface area contributed by atoms with E-state index in [0.29, 0.717) is 22.6 Å². The minimum Gasteiger partial charge on any atom is -0.489 e. The number of ether oxygens (including phenoxy) is 1. The van der Waals surface area contributed by atoms with Crippen LogP contribution in [0.4, 0.5) is 10.1 Å². The fourth-order valence-corrected chi connectivity index (χ4v) is 1.71. The van der Waals surface area contributed by atoms with Crippen LogP contribution in [-0.2, 0) is 6.61 Å². The lowest BCUT2D eigenvalue weighted by Crippen LogP contribution is -2.02. The summed E-state index contributed by atoms with van der Waals surface area (Å²) in [6, 6.07) is 11.2. The monoisotopic (exact) mass is 259 g/mol. The predicted molar refractivity (Wildman–Crippen MR) is 71.6 cm³/mol. The maximum absolute atomic E-state index is 13.4. The predicted octanol–water partition coefficient (Wildman–Crippen LogP) is 3.19. The summed E-state index contributed by atoms with van der Waals surface area (Å²) in [5, 5.41) is 0. The van der Waals surface area contributed by atoms with Crippen LogP contribution in [-0.4, -0.2) is 5.78 Å². The van der Waals surface area contributed by atoms with Crippen molar-refractivity contribution in [1.82, 2.24) is 0 Å². The Morgan fingerprint density at radius 3 is 2.68 bits per heavy atom. The summed E-state index contributed by atoms with van der Waals surface area (Å²) >= 11 is 0. The highest BCUT2D eigenvalue weighted by atomic mass is 19.1. The molecule has 0 fully saturated rings. The van der Waals surface area contributed by atoms with E-state index in [-0.39, 0.29) is 18.2 Å². The minimum absolute atomic E-state index is 0.105. The number of benzene rings is 2. The molecular formula is C15H14FNO2. The Hall–Kier alpha value is -2.36. The summed E-state index contributed by atoms with van der Waals surface area (Å²) < 4.78 is 18.9. The number of hydrogen-bond donors (Lipinski definition) is 1. The van der Waals surface area contributed by atoms with Crippen LogP contribution in [0.3, 0.4) is 0 Å². The summed E-state index contributed by atoms with van der Waals surface area (Å²) in [6.45, 7) is 1.54. The van der Waals surface area contributed by atoms with Gasteiger partial charge in [0, 0.05) is 16.8 Å². The number of carbonyl (C=O) groups is 1. The molecule has 0 bridgehead atoms. The number of anilines is 1. The highest BCUT2D eigenvalue weighted by molar-refractivity contribution is 5.99. The van der Waals surface area contributed by atoms with Crippen LogP contribution >= 0.6 is 0 Å². The molecule has 19 heavy (non-hydrogen) atoms. The van der Waals surface area contributed by atoms with Gasteiger partial charge >= 0.3 is 0 Å². The van der Waals surface area contributed by atoms with Crippen LogP contribution in [0, 0.1) is 5.82 Å². The Kier molecular flexibility index (Phi) is 3.80. The van der Waals surface area contributed by atoms with Crippen LogP contribution in [0.2, 0.25) is 0 Å². The van der Waals surface area contributed by atoms with Crippen molar-refractivity contribution in [2.45, 2.75) is 13.5 Å². The van der Waals surface area contributed by atoms with E-state index in [1.807, 2.05) is 0 Å². The van der Waals surface area contributed by atoms with Crippen molar-refractivity contribution in [3.63, 3.8) is 0 Å². The lowest BCUT2D eigenvalue weighted by molar-refractivity contribution is 0.101. The topological polar surface area (TPSA) is 52.3 Å². The van der Waals surface area contributed by atoms with Crippen molar-refractivity contribution in [2.75, 3.05) is 5.73 Å². The third kappa shape index (κ3) is 3.10. The first-order chi connectivity index (χ1) is 9.08. The quantitative estimate of drug-likeness (QED) is 0.677. The van der Waals surface area contributed by atoms with E-state index < -0.39 is 0 Å². The standard InChI is InChI=1S/C15H14FNO2/c1-10(18)13-8-12(6-7-15(13)17)19-9-11-4-2-3-5-14(11)16/h2-8H,9,17H2,1H3. The van der Waals surface area contributed by atoms with Crippen molar-refractivity contribution >= 4 is 11.5 Å². The number of ketones is 1. The first-order valence-corrected chi connectivity index (χ1v) is 5.84. The first-order valence-electron chi connectivity index (χ1n) is 5.84. The number of nitrogens with two attached hydrogens (primary N) is 1. The van der Waals surface area contributed by atoms with Gasteiger partial charge in [-0.3, -0.25) is 4.79 Å². The number of nitrogen functional groups attached to an aromatic ring is 1. The highest BCUT2D eigenvalue weighted by Crippen LogP contribution is 2.21. The molecule has 3 nitrogen and oxygen atoms in total. The normalized spacial score (nSPS) is 10.2. The van der Waals surface area contributed by atoms with Gasteiger partial charge in [-0.25, -0.2) is 4.39 Å². The SMILES string of the molecule is CC(=O)c1cc(OCc2ccccc2F)ccc1N. The molecule has 0 saturated carbocycles. The molecule has 0 atom stereocenters. The molecule has 98 valence electrons. The average molecular weight is 259 g/mol. The minimum atomic E-state index is -0.315. The molecule has 0 heterocycles. The molecule has 2 aromatic rings. The second kappa shape index (κ2) is 5.52. The third-order valence-corrected chi connectivity index (χ3v) is 2.76. The van der Waals surface area contributed by atoms with Crippen LogP contribution in [0.5, 0.6) is 5.75 Å². The van der Waals surface area contributed by atoms with E-state index in [1.54, 1.807) is 36.4 Å². The highest BCUT2D eigenvalue weighted by Gasteiger charge is 2.07. The van der Waals surface area contributed by atoms with Crippen LogP contribution in [0.25, 0.3) is 0 Å². The largest absolute Gasteiger partial charge is 0.489 e. The molecule has 0 aliphatic heterocycles. The Balaban J connectivity index is 2.14. The summed E-state index contributed by atoms with van der Waals surface area (Å²) in [7, 11) is 0. The Labute approximate surface area is 110 Å². The molecule has 2 rings (SSSR count). The van der Waals surface area contributed by atoms with E-state index in [4.69, 9.17) is 10.5 Å². The van der Waals surface area contributed by atoms with Gasteiger partial charge in [-0.15, -0.1) is 0 Å². The molecule has 2 aromatic carbocycles. The van der Waals surface area contributed by atoms with Crippen molar-refractivity contribution < 1.29 is 13.9 Å². The molecule has 0 radical (unpaired) electrons. The van der Waals surface area contributed by atoms with Gasteiger partial charge in [0.2, 0.25) is 0 Å². The zero-order chi connectivity index (χ0) is 13.8. The number of carbonyl (C=O) groups excluding carboxylic acids is 1. The smallest absolute Gasteiger partial charge is 0.162 e. The molecule has 0 saturated heterocycles. The van der Waals surface area contributed by atoms with Crippen LogP contribution in [0.1, 0.15) is 22.8 Å². The van der Waals surface area contributed by atoms with Gasteiger partial charge in [-0.2, -0.15) is 0 Å². The van der Waals surface area contributed by atoms with Gasteiger partial charge in [0.15, 0.2) is 5.78 Å². The number of Topliss-reactive ketones (excluding diaryl/α,β-unsaturated/α-hetero) is 1. The van der Waals surface area contributed by atoms with Crippen molar-refractivity contribution in [2.24, 2.45) is 0 Å². The van der Waals surface area contributed by atoms with E-state index in [0.717, 1.165) is 0 Å². The summed E-state index contributed by atoms with van der Waals surface area (Å²) in [5.41, 5.74) is 6.96. The molecule has 0 spiro atoms. The lowest BCUT2D eigenvalue weighted by atomic mass is 10.1. The molecule has 0 amide bonds. The molecule has 4 heteroatoms. The zero-order valence-electron chi connectivity index (χ0n) is 10.5. The third-order valence-electron chi connectivity index (χ3n) is 2.76. The van der Waals surface area contributed by atoms with Crippen molar-refractivity contribution in [3.8, 4) is 5.75 Å². The van der Waals surface area contributed by atoms with Gasteiger partial charge in [0.25, 0.3) is 0 Å². The number of hydrogen-bond acceptors (Lipinski definition) is 3. The second-order valence-electron chi connectivity index (χ2n) is 4.19. The second-order valence-corrected chi connectivity index (χ2v) is 4.19. The molecule has 0 aliphatic carbocycles. The summed E-state index contributed by atoms with van der Waals surface area (Å²) in [4.78, 5) is 11.4. The van der Waals surface area contributed by atoms with Crippen molar-refractivity contribution in [3.05, 3.63) is 59.4 Å². The number of rotatable bonds is 4. The summed E-state index contributed by atoms with van der Waals surface area (Å²) in [5.74, 6) is 0.0428.